The predicted molar refractivity (Wildman–Crippen MR) is 48.6 cm³/mol. The molecule has 0 aromatic carbocycles. The molecule has 1 unspecified atom stereocenters. The van der Waals surface area contributed by atoms with Crippen molar-refractivity contribution >= 4 is 23.3 Å². The van der Waals surface area contributed by atoms with E-state index in [4.69, 9.17) is 10.8 Å². The number of hydrogen-bond acceptors (Lipinski definition) is 4. The smallest absolute Gasteiger partial charge is 0.321 e. The molecule has 0 saturated heterocycles. The Labute approximate surface area is 75.5 Å². The Morgan fingerprint density at radius 1 is 1.58 bits per heavy atom. The Morgan fingerprint density at radius 2 is 2.08 bits per heavy atom. The molecule has 0 aliphatic rings. The summed E-state index contributed by atoms with van der Waals surface area (Å²) in [4.78, 5) is 20.6. The quantitative estimate of drug-likeness (QED) is 0.613. The SMILES string of the molecule is CC(C)C(SC=O)[C@H](N)C(=O)O. The Morgan fingerprint density at radius 3 is 2.33 bits per heavy atom. The van der Waals surface area contributed by atoms with Gasteiger partial charge in [-0.1, -0.05) is 25.6 Å². The van der Waals surface area contributed by atoms with Gasteiger partial charge in [0, 0.05) is 5.25 Å². The zero-order chi connectivity index (χ0) is 9.72. The van der Waals surface area contributed by atoms with Crippen molar-refractivity contribution in [1.29, 1.82) is 0 Å². The van der Waals surface area contributed by atoms with Gasteiger partial charge in [0.05, 0.1) is 0 Å². The minimum atomic E-state index is -1.07. The number of carbonyl (C=O) groups excluding carboxylic acids is 1. The van der Waals surface area contributed by atoms with E-state index in [1.165, 1.54) is 0 Å². The zero-order valence-electron chi connectivity index (χ0n) is 7.06. The van der Waals surface area contributed by atoms with Gasteiger partial charge < -0.3 is 10.8 Å². The van der Waals surface area contributed by atoms with Crippen LogP contribution in [-0.2, 0) is 9.59 Å². The van der Waals surface area contributed by atoms with Crippen molar-refractivity contribution in [2.45, 2.75) is 25.1 Å². The fourth-order valence-corrected chi connectivity index (χ4v) is 1.59. The van der Waals surface area contributed by atoms with Gasteiger partial charge in [-0.3, -0.25) is 9.59 Å². The van der Waals surface area contributed by atoms with Crippen LogP contribution in [0.1, 0.15) is 13.8 Å². The molecule has 2 atom stereocenters. The molecule has 3 N–H and O–H groups in total. The molecule has 0 heterocycles. The standard InChI is InChI=1S/C7H13NO3S/c1-4(2)6(12-3-9)5(8)7(10)11/h3-6H,8H2,1-2H3,(H,10,11)/t5-,6?/m0/s1. The van der Waals surface area contributed by atoms with Gasteiger partial charge in [-0.2, -0.15) is 0 Å². The summed E-state index contributed by atoms with van der Waals surface area (Å²) in [5, 5.41) is 8.23. The average molecular weight is 191 g/mol. The maximum absolute atomic E-state index is 10.5. The van der Waals surface area contributed by atoms with Crippen molar-refractivity contribution in [1.82, 2.24) is 0 Å². The molecule has 0 aromatic heterocycles. The molecule has 0 aliphatic carbocycles. The maximum Gasteiger partial charge on any atom is 0.321 e. The van der Waals surface area contributed by atoms with Crippen molar-refractivity contribution in [3.63, 3.8) is 0 Å². The van der Waals surface area contributed by atoms with Gasteiger partial charge in [-0.15, -0.1) is 0 Å². The van der Waals surface area contributed by atoms with Gasteiger partial charge in [0.2, 0.25) is 0 Å². The van der Waals surface area contributed by atoms with Crippen molar-refractivity contribution in [2.24, 2.45) is 11.7 Å². The molecule has 0 radical (unpaired) electrons. The second kappa shape index (κ2) is 5.16. The van der Waals surface area contributed by atoms with Crippen LogP contribution in [0.5, 0.6) is 0 Å². The molecule has 0 saturated carbocycles. The highest BCUT2D eigenvalue weighted by molar-refractivity contribution is 8.12. The highest BCUT2D eigenvalue weighted by Gasteiger charge is 2.27. The number of rotatable bonds is 5. The Hall–Kier alpha value is -0.550. The van der Waals surface area contributed by atoms with E-state index in [-0.39, 0.29) is 11.2 Å². The third-order valence-corrected chi connectivity index (χ3v) is 2.77. The summed E-state index contributed by atoms with van der Waals surface area (Å²) in [6.07, 6.45) is 0. The fourth-order valence-electron chi connectivity index (χ4n) is 0.861. The van der Waals surface area contributed by atoms with Gasteiger partial charge in [-0.05, 0) is 5.92 Å². The maximum atomic E-state index is 10.5. The van der Waals surface area contributed by atoms with Crippen LogP contribution in [0.3, 0.4) is 0 Å². The Balaban J connectivity index is 4.27. The summed E-state index contributed by atoms with van der Waals surface area (Å²) < 4.78 is 0. The highest BCUT2D eigenvalue weighted by Crippen LogP contribution is 2.19. The number of aliphatic carboxylic acids is 1. The lowest BCUT2D eigenvalue weighted by Crippen LogP contribution is -2.42. The summed E-state index contributed by atoms with van der Waals surface area (Å²) >= 11 is 0.935. The number of nitrogens with two attached hydrogens (primary N) is 1. The van der Waals surface area contributed by atoms with E-state index < -0.39 is 12.0 Å². The first kappa shape index (κ1) is 11.4. The van der Waals surface area contributed by atoms with Crippen LogP contribution in [0.4, 0.5) is 0 Å². The van der Waals surface area contributed by atoms with E-state index in [1.807, 2.05) is 13.8 Å². The third kappa shape index (κ3) is 3.23. The van der Waals surface area contributed by atoms with Gasteiger partial charge in [0.15, 0.2) is 5.62 Å². The van der Waals surface area contributed by atoms with Crippen molar-refractivity contribution in [3.05, 3.63) is 0 Å². The van der Waals surface area contributed by atoms with E-state index in [2.05, 4.69) is 0 Å². The second-order valence-electron chi connectivity index (χ2n) is 2.80. The summed E-state index contributed by atoms with van der Waals surface area (Å²) in [5.74, 6) is -0.991. The number of thioether (sulfide) groups is 1. The van der Waals surface area contributed by atoms with Gasteiger partial charge >= 0.3 is 5.97 Å². The summed E-state index contributed by atoms with van der Waals surface area (Å²) in [6.45, 7) is 3.67. The van der Waals surface area contributed by atoms with E-state index in [0.29, 0.717) is 5.62 Å². The first-order chi connectivity index (χ1) is 5.50. The molecule has 0 aromatic rings. The number of carbonyl (C=O) groups is 2. The van der Waals surface area contributed by atoms with Crippen LogP contribution in [0, 0.1) is 5.92 Å². The van der Waals surface area contributed by atoms with E-state index in [1.54, 1.807) is 0 Å². The van der Waals surface area contributed by atoms with E-state index in [9.17, 15) is 9.59 Å². The van der Waals surface area contributed by atoms with Crippen LogP contribution >= 0.6 is 11.8 Å². The predicted octanol–water partition coefficient (Wildman–Crippen LogP) is 0.346. The molecule has 4 nitrogen and oxygen atoms in total. The van der Waals surface area contributed by atoms with E-state index in [0.717, 1.165) is 11.8 Å². The largest absolute Gasteiger partial charge is 0.480 e. The molecule has 0 bridgehead atoms. The van der Waals surface area contributed by atoms with Gasteiger partial charge in [0.25, 0.3) is 0 Å². The van der Waals surface area contributed by atoms with Crippen LogP contribution in [-0.4, -0.2) is 28.0 Å². The Kier molecular flexibility index (Phi) is 4.92. The highest BCUT2D eigenvalue weighted by atomic mass is 32.2. The molecule has 0 amide bonds. The number of carboxylic acid groups (broad SMARTS) is 1. The molecule has 0 spiro atoms. The van der Waals surface area contributed by atoms with Crippen LogP contribution < -0.4 is 5.73 Å². The molecule has 12 heavy (non-hydrogen) atoms. The normalized spacial score (nSPS) is 15.7. The van der Waals surface area contributed by atoms with Crippen LogP contribution in [0.2, 0.25) is 0 Å². The number of hydrogen-bond donors (Lipinski definition) is 2. The van der Waals surface area contributed by atoms with Crippen LogP contribution in [0.25, 0.3) is 0 Å². The third-order valence-electron chi connectivity index (χ3n) is 1.51. The zero-order valence-corrected chi connectivity index (χ0v) is 7.88. The molecule has 0 fully saturated rings. The van der Waals surface area contributed by atoms with Crippen LogP contribution in [0.15, 0.2) is 0 Å². The summed E-state index contributed by atoms with van der Waals surface area (Å²) in [7, 11) is 0. The number of carboxylic acids is 1. The molecule has 70 valence electrons. The molecule has 0 aliphatic heterocycles. The topological polar surface area (TPSA) is 80.4 Å². The van der Waals surface area contributed by atoms with Gasteiger partial charge in [0.1, 0.15) is 6.04 Å². The lowest BCUT2D eigenvalue weighted by atomic mass is 10.0. The second-order valence-corrected chi connectivity index (χ2v) is 3.81. The summed E-state index contributed by atoms with van der Waals surface area (Å²) in [5.41, 5.74) is 6.00. The molecular formula is C7H13NO3S. The minimum absolute atomic E-state index is 0.0753. The van der Waals surface area contributed by atoms with Crippen molar-refractivity contribution < 1.29 is 14.7 Å². The van der Waals surface area contributed by atoms with Gasteiger partial charge in [-0.25, -0.2) is 0 Å². The lowest BCUT2D eigenvalue weighted by molar-refractivity contribution is -0.138. The first-order valence-corrected chi connectivity index (χ1v) is 4.52. The molecule has 0 rings (SSSR count). The lowest BCUT2D eigenvalue weighted by Gasteiger charge is -2.20. The first-order valence-electron chi connectivity index (χ1n) is 3.58. The summed E-state index contributed by atoms with van der Waals surface area (Å²) in [6, 6.07) is -0.972. The fraction of sp³-hybridized carbons (Fsp3) is 0.714. The molecule has 5 heteroatoms. The monoisotopic (exact) mass is 191 g/mol. The minimum Gasteiger partial charge on any atom is -0.480 e. The average Bonchev–Trinajstić information content (AvgIpc) is 1.98. The molecular weight excluding hydrogens is 178 g/mol. The van der Waals surface area contributed by atoms with E-state index >= 15 is 0 Å². The van der Waals surface area contributed by atoms with Crippen molar-refractivity contribution in [2.75, 3.05) is 0 Å². The Bertz CT molecular complexity index is 172. The van der Waals surface area contributed by atoms with Crippen molar-refractivity contribution in [3.8, 4) is 0 Å².